The van der Waals surface area contributed by atoms with Crippen LogP contribution in [0.2, 0.25) is 0 Å². The van der Waals surface area contributed by atoms with E-state index >= 15 is 0 Å². The highest BCUT2D eigenvalue weighted by Gasteiger charge is 2.30. The molecule has 106 valence electrons. The molecule has 0 spiro atoms. The summed E-state index contributed by atoms with van der Waals surface area (Å²) in [6.45, 7) is 0. The Kier molecular flexibility index (Phi) is 3.78. The van der Waals surface area contributed by atoms with Crippen LogP contribution >= 0.6 is 0 Å². The van der Waals surface area contributed by atoms with E-state index in [1.54, 1.807) is 30.3 Å². The number of aromatic nitrogens is 2. The molecule has 0 saturated heterocycles. The highest BCUT2D eigenvalue weighted by molar-refractivity contribution is 6.06. The molecule has 0 fully saturated rings. The van der Waals surface area contributed by atoms with Gasteiger partial charge in [0.15, 0.2) is 0 Å². The molecule has 1 aromatic heterocycles. The number of aryl methyl sites for hydroxylation is 1. The predicted molar refractivity (Wildman–Crippen MR) is 67.3 cm³/mol. The van der Waals surface area contributed by atoms with E-state index in [-0.39, 0.29) is 0 Å². The number of hydrogen-bond donors (Lipinski definition) is 0. The molecule has 4 nitrogen and oxygen atoms in total. The Morgan fingerprint density at radius 3 is 2.45 bits per heavy atom. The molecule has 0 N–H and O–H groups in total. The number of rotatable bonds is 3. The van der Waals surface area contributed by atoms with Crippen molar-refractivity contribution >= 4 is 11.6 Å². The first-order valence-electron chi connectivity index (χ1n) is 5.77. The maximum atomic E-state index is 13.8. The normalized spacial score (nSPS) is 10.9. The number of benzene rings is 1. The first-order chi connectivity index (χ1) is 9.43. The Labute approximate surface area is 113 Å². The van der Waals surface area contributed by atoms with Gasteiger partial charge >= 0.3 is 0 Å². The van der Waals surface area contributed by atoms with Crippen molar-refractivity contribution < 1.29 is 18.0 Å². The lowest BCUT2D eigenvalue weighted by Gasteiger charge is -2.17. The van der Waals surface area contributed by atoms with Crippen LogP contribution < -0.4 is 4.90 Å². The summed E-state index contributed by atoms with van der Waals surface area (Å²) in [5, 5.41) is 3.35. The number of carbonyl (C=O) groups excluding carboxylic acids is 1. The number of anilines is 1. The van der Waals surface area contributed by atoms with E-state index in [1.165, 1.54) is 14.1 Å². The minimum atomic E-state index is -3.02. The molecule has 0 unspecified atom stereocenters. The molecule has 1 heterocycles. The van der Waals surface area contributed by atoms with Gasteiger partial charge in [0.25, 0.3) is 12.3 Å². The van der Waals surface area contributed by atoms with E-state index in [9.17, 15) is 18.0 Å². The minimum Gasteiger partial charge on any atom is -0.311 e. The summed E-state index contributed by atoms with van der Waals surface area (Å²) >= 11 is 0. The van der Waals surface area contributed by atoms with Gasteiger partial charge in [-0.25, -0.2) is 13.5 Å². The Morgan fingerprint density at radius 2 is 1.90 bits per heavy atom. The van der Waals surface area contributed by atoms with Crippen LogP contribution in [0.15, 0.2) is 30.3 Å². The van der Waals surface area contributed by atoms with Gasteiger partial charge in [0.2, 0.25) is 5.95 Å². The predicted octanol–water partition coefficient (Wildman–Crippen LogP) is 2.77. The van der Waals surface area contributed by atoms with Crippen molar-refractivity contribution in [1.29, 1.82) is 0 Å². The average molecular weight is 283 g/mol. The SMILES string of the molecule is CN(C(=O)c1c(C(F)F)nn(C)c1F)c1ccccc1. The molecule has 1 amide bonds. The van der Waals surface area contributed by atoms with Crippen molar-refractivity contribution in [2.45, 2.75) is 6.43 Å². The molecule has 2 aromatic rings. The quantitative estimate of drug-likeness (QED) is 0.868. The second kappa shape index (κ2) is 5.36. The molecule has 0 aliphatic carbocycles. The molecular formula is C13H12F3N3O. The smallest absolute Gasteiger partial charge is 0.283 e. The van der Waals surface area contributed by atoms with E-state index in [0.717, 1.165) is 4.90 Å². The zero-order valence-corrected chi connectivity index (χ0v) is 10.8. The number of carbonyl (C=O) groups is 1. The maximum Gasteiger partial charge on any atom is 0.283 e. The van der Waals surface area contributed by atoms with Gasteiger partial charge in [-0.2, -0.15) is 9.49 Å². The second-order valence-electron chi connectivity index (χ2n) is 4.18. The lowest BCUT2D eigenvalue weighted by Crippen LogP contribution is -2.27. The molecular weight excluding hydrogens is 271 g/mol. The molecule has 1 aromatic carbocycles. The summed E-state index contributed by atoms with van der Waals surface area (Å²) in [6.07, 6.45) is -3.02. The monoisotopic (exact) mass is 283 g/mol. The Balaban J connectivity index is 2.44. The van der Waals surface area contributed by atoms with Crippen LogP contribution in [-0.4, -0.2) is 22.7 Å². The second-order valence-corrected chi connectivity index (χ2v) is 4.18. The summed E-state index contributed by atoms with van der Waals surface area (Å²) in [5.41, 5.74) is -1.08. The van der Waals surface area contributed by atoms with E-state index in [2.05, 4.69) is 5.10 Å². The highest BCUT2D eigenvalue weighted by atomic mass is 19.3. The Bertz CT molecular complexity index is 625. The number of hydrogen-bond acceptors (Lipinski definition) is 2. The van der Waals surface area contributed by atoms with Gasteiger partial charge in [-0.15, -0.1) is 0 Å². The molecule has 0 bridgehead atoms. The first kappa shape index (κ1) is 14.1. The maximum absolute atomic E-state index is 13.8. The Hall–Kier alpha value is -2.31. The van der Waals surface area contributed by atoms with Crippen molar-refractivity contribution in [3.8, 4) is 0 Å². The molecule has 0 atom stereocenters. The third-order valence-electron chi connectivity index (χ3n) is 2.87. The first-order valence-corrected chi connectivity index (χ1v) is 5.77. The fourth-order valence-corrected chi connectivity index (χ4v) is 1.81. The van der Waals surface area contributed by atoms with Crippen LogP contribution in [0, 0.1) is 5.95 Å². The number of para-hydroxylation sites is 1. The lowest BCUT2D eigenvalue weighted by molar-refractivity contribution is 0.0973. The van der Waals surface area contributed by atoms with E-state index in [4.69, 9.17) is 0 Å². The molecule has 7 heteroatoms. The van der Waals surface area contributed by atoms with E-state index in [1.807, 2.05) is 0 Å². The van der Waals surface area contributed by atoms with Gasteiger partial charge < -0.3 is 4.90 Å². The highest BCUT2D eigenvalue weighted by Crippen LogP contribution is 2.26. The fraction of sp³-hybridized carbons (Fsp3) is 0.231. The summed E-state index contributed by atoms with van der Waals surface area (Å²) < 4.78 is 40.1. The van der Waals surface area contributed by atoms with Crippen molar-refractivity contribution in [3.63, 3.8) is 0 Å². The fourth-order valence-electron chi connectivity index (χ4n) is 1.81. The van der Waals surface area contributed by atoms with Gasteiger partial charge in [0, 0.05) is 19.8 Å². The largest absolute Gasteiger partial charge is 0.311 e. The van der Waals surface area contributed by atoms with Crippen molar-refractivity contribution in [1.82, 2.24) is 9.78 Å². The molecule has 20 heavy (non-hydrogen) atoms. The van der Waals surface area contributed by atoms with Crippen LogP contribution in [0.4, 0.5) is 18.9 Å². The Morgan fingerprint density at radius 1 is 1.30 bits per heavy atom. The molecule has 0 radical (unpaired) electrons. The summed E-state index contributed by atoms with van der Waals surface area (Å²) in [4.78, 5) is 13.3. The van der Waals surface area contributed by atoms with Crippen LogP contribution in [-0.2, 0) is 7.05 Å². The van der Waals surface area contributed by atoms with Gasteiger partial charge in [-0.05, 0) is 12.1 Å². The van der Waals surface area contributed by atoms with Gasteiger partial charge in [0.1, 0.15) is 11.3 Å². The van der Waals surface area contributed by atoms with Crippen LogP contribution in [0.25, 0.3) is 0 Å². The van der Waals surface area contributed by atoms with Crippen molar-refractivity contribution in [2.75, 3.05) is 11.9 Å². The summed E-state index contributed by atoms with van der Waals surface area (Å²) in [7, 11) is 2.56. The number of halogens is 3. The van der Waals surface area contributed by atoms with Crippen LogP contribution in [0.5, 0.6) is 0 Å². The summed E-state index contributed by atoms with van der Waals surface area (Å²) in [6, 6.07) is 8.36. The molecule has 2 rings (SSSR count). The third kappa shape index (κ3) is 2.38. The number of alkyl halides is 2. The topological polar surface area (TPSA) is 38.1 Å². The number of amides is 1. The lowest BCUT2D eigenvalue weighted by atomic mass is 10.2. The van der Waals surface area contributed by atoms with Crippen molar-refractivity contribution in [3.05, 3.63) is 47.5 Å². The van der Waals surface area contributed by atoms with E-state index in [0.29, 0.717) is 10.4 Å². The van der Waals surface area contributed by atoms with Crippen LogP contribution in [0.1, 0.15) is 22.5 Å². The van der Waals surface area contributed by atoms with Gasteiger partial charge in [0.05, 0.1) is 0 Å². The van der Waals surface area contributed by atoms with Gasteiger partial charge in [-0.3, -0.25) is 4.79 Å². The summed E-state index contributed by atoms with van der Waals surface area (Å²) in [5.74, 6) is -1.94. The minimum absolute atomic E-state index is 0.473. The van der Waals surface area contributed by atoms with Crippen molar-refractivity contribution in [2.24, 2.45) is 7.05 Å². The third-order valence-corrected chi connectivity index (χ3v) is 2.87. The average Bonchev–Trinajstić information content (AvgIpc) is 2.74. The zero-order chi connectivity index (χ0) is 14.9. The molecule has 0 aliphatic heterocycles. The van der Waals surface area contributed by atoms with E-state index < -0.39 is 29.5 Å². The number of nitrogens with zero attached hydrogens (tertiary/aromatic N) is 3. The van der Waals surface area contributed by atoms with Gasteiger partial charge in [-0.1, -0.05) is 18.2 Å². The zero-order valence-electron chi connectivity index (χ0n) is 10.8. The standard InChI is InChI=1S/C13H12F3N3O/c1-18(8-6-4-3-5-7-8)13(20)9-10(11(14)15)17-19(2)12(9)16/h3-7,11H,1-2H3. The molecule has 0 saturated carbocycles. The molecule has 0 aliphatic rings. The van der Waals surface area contributed by atoms with Crippen LogP contribution in [0.3, 0.4) is 0 Å².